The van der Waals surface area contributed by atoms with E-state index in [0.717, 1.165) is 6.07 Å². The van der Waals surface area contributed by atoms with Crippen LogP contribution in [0.2, 0.25) is 0 Å². The van der Waals surface area contributed by atoms with Gasteiger partial charge in [-0.3, -0.25) is 9.59 Å². The highest BCUT2D eigenvalue weighted by Gasteiger charge is 2.73. The van der Waals surface area contributed by atoms with Crippen LogP contribution < -0.4 is 5.73 Å². The van der Waals surface area contributed by atoms with Gasteiger partial charge in [-0.25, -0.2) is 4.39 Å². The van der Waals surface area contributed by atoms with Gasteiger partial charge in [-0.1, -0.05) is 18.2 Å². The van der Waals surface area contributed by atoms with E-state index in [1.165, 1.54) is 0 Å². The first-order chi connectivity index (χ1) is 16.3. The summed E-state index contributed by atoms with van der Waals surface area (Å²) >= 11 is 0. The summed E-state index contributed by atoms with van der Waals surface area (Å²) in [4.78, 5) is 26.8. The lowest BCUT2D eigenvalue weighted by atomic mass is 9.77. The minimum Gasteiger partial charge on any atom is -0.339 e. The summed E-state index contributed by atoms with van der Waals surface area (Å²) in [6.45, 7) is 0.422. The molecule has 0 aromatic heterocycles. The molecule has 11 heteroatoms. The number of hydrogen-bond donors (Lipinski definition) is 1. The summed E-state index contributed by atoms with van der Waals surface area (Å²) in [6.07, 6.45) is -8.88. The van der Waals surface area contributed by atoms with Crippen LogP contribution in [0.15, 0.2) is 18.2 Å². The number of carbonyl (C=O) groups excluding carboxylic acids is 2. The van der Waals surface area contributed by atoms with Gasteiger partial charge in [-0.05, 0) is 56.1 Å². The van der Waals surface area contributed by atoms with Crippen LogP contribution in [0.25, 0.3) is 0 Å². The number of halogens is 7. The normalized spacial score (nSPS) is 27.4. The van der Waals surface area contributed by atoms with Crippen LogP contribution >= 0.6 is 0 Å². The van der Waals surface area contributed by atoms with Gasteiger partial charge >= 0.3 is 18.0 Å². The fourth-order valence-corrected chi connectivity index (χ4v) is 6.10. The van der Waals surface area contributed by atoms with Gasteiger partial charge in [0.05, 0.1) is 6.54 Å². The van der Waals surface area contributed by atoms with Gasteiger partial charge in [0.25, 0.3) is 0 Å². The number of aryl methyl sites for hydroxylation is 1. The molecule has 1 aromatic carbocycles. The number of likely N-dealkylation sites (tertiary alicyclic amines) is 1. The molecule has 1 saturated heterocycles. The Morgan fingerprint density at radius 2 is 1.49 bits per heavy atom. The standard InChI is InChI=1S/C24H27F7N2O2/c25-22(23(26,27)28,24(29,30)31)16-6-7-17-15(11-16)5-8-19-18(17)9-10-33(19)21(35)14-3-1-13(2-4-14)20(34)12-32/h6-7,11,13-14,18-19H,1-5,8-10,12,32H2/t13?,14?,18-,19+/m0/s1. The number of rotatable bonds is 4. The van der Waals surface area contributed by atoms with Crippen LogP contribution in [0, 0.1) is 11.8 Å². The van der Waals surface area contributed by atoms with Crippen molar-refractivity contribution in [3.63, 3.8) is 0 Å². The summed E-state index contributed by atoms with van der Waals surface area (Å²) in [6, 6.07) is 2.21. The minimum absolute atomic E-state index is 0.00580. The zero-order valence-electron chi connectivity index (χ0n) is 18.9. The number of Topliss-reactive ketones (excluding diaryl/α,β-unsaturated/α-hetero) is 1. The maximum Gasteiger partial charge on any atom is 0.435 e. The van der Waals surface area contributed by atoms with E-state index in [1.807, 2.05) is 0 Å². The second-order valence-electron chi connectivity index (χ2n) is 9.82. The van der Waals surface area contributed by atoms with Gasteiger partial charge in [-0.2, -0.15) is 26.3 Å². The van der Waals surface area contributed by atoms with Crippen molar-refractivity contribution in [2.75, 3.05) is 13.1 Å². The lowest BCUT2D eigenvalue weighted by Crippen LogP contribution is -2.50. The monoisotopic (exact) mass is 508 g/mol. The van der Waals surface area contributed by atoms with Gasteiger partial charge in [0, 0.05) is 35.9 Å². The van der Waals surface area contributed by atoms with E-state index in [0.29, 0.717) is 62.8 Å². The number of amides is 1. The molecule has 4 nitrogen and oxygen atoms in total. The number of nitrogens with two attached hydrogens (primary N) is 1. The molecule has 0 radical (unpaired) electrons. The van der Waals surface area contributed by atoms with Gasteiger partial charge in [-0.15, -0.1) is 0 Å². The Morgan fingerprint density at radius 1 is 0.886 bits per heavy atom. The van der Waals surface area contributed by atoms with Crippen LogP contribution in [0.3, 0.4) is 0 Å². The molecule has 3 aliphatic rings. The molecule has 2 N–H and O–H groups in total. The van der Waals surface area contributed by atoms with Crippen molar-refractivity contribution in [3.05, 3.63) is 34.9 Å². The summed E-state index contributed by atoms with van der Waals surface area (Å²) in [7, 11) is 0. The molecule has 0 spiro atoms. The van der Waals surface area contributed by atoms with E-state index in [2.05, 4.69) is 0 Å². The van der Waals surface area contributed by atoms with Crippen LogP contribution in [0.4, 0.5) is 30.7 Å². The van der Waals surface area contributed by atoms with Crippen molar-refractivity contribution < 1.29 is 40.3 Å². The van der Waals surface area contributed by atoms with Crippen LogP contribution in [-0.2, 0) is 21.7 Å². The lowest BCUT2D eigenvalue weighted by molar-refractivity contribution is -0.348. The third-order valence-corrected chi connectivity index (χ3v) is 7.99. The van der Waals surface area contributed by atoms with Crippen molar-refractivity contribution in [3.8, 4) is 0 Å². The highest BCUT2D eigenvalue weighted by atomic mass is 19.4. The smallest absolute Gasteiger partial charge is 0.339 e. The Hall–Kier alpha value is -2.17. The summed E-state index contributed by atoms with van der Waals surface area (Å²) in [5, 5.41) is 0. The summed E-state index contributed by atoms with van der Waals surface area (Å²) < 4.78 is 93.6. The molecule has 1 saturated carbocycles. The van der Waals surface area contributed by atoms with Gasteiger partial charge < -0.3 is 10.6 Å². The minimum atomic E-state index is -6.15. The number of hydrogen-bond acceptors (Lipinski definition) is 3. The molecule has 2 fully saturated rings. The Labute approximate surface area is 198 Å². The average Bonchev–Trinajstić information content (AvgIpc) is 3.25. The van der Waals surface area contributed by atoms with E-state index in [9.17, 15) is 40.3 Å². The first kappa shape index (κ1) is 25.9. The molecule has 2 aliphatic carbocycles. The average molecular weight is 508 g/mol. The van der Waals surface area contributed by atoms with E-state index in [-0.39, 0.29) is 54.0 Å². The Bertz CT molecular complexity index is 969. The molecule has 1 heterocycles. The molecule has 1 amide bonds. The second-order valence-corrected chi connectivity index (χ2v) is 9.82. The summed E-state index contributed by atoms with van der Waals surface area (Å²) in [5.41, 5.74) is -0.659. The number of nitrogens with zero attached hydrogens (tertiary/aromatic N) is 1. The molecular weight excluding hydrogens is 481 g/mol. The van der Waals surface area contributed by atoms with Crippen molar-refractivity contribution in [1.82, 2.24) is 4.90 Å². The molecule has 4 rings (SSSR count). The number of benzene rings is 1. The predicted molar refractivity (Wildman–Crippen MR) is 112 cm³/mol. The Morgan fingerprint density at radius 3 is 2.06 bits per heavy atom. The number of alkyl halides is 7. The molecule has 0 unspecified atom stereocenters. The van der Waals surface area contributed by atoms with Crippen LogP contribution in [0.1, 0.15) is 61.1 Å². The highest BCUT2D eigenvalue weighted by Crippen LogP contribution is 2.54. The Kier molecular flexibility index (Phi) is 6.70. The van der Waals surface area contributed by atoms with E-state index >= 15 is 0 Å². The van der Waals surface area contributed by atoms with Crippen LogP contribution in [0.5, 0.6) is 0 Å². The molecule has 0 bridgehead atoms. The maximum absolute atomic E-state index is 14.5. The van der Waals surface area contributed by atoms with Crippen molar-refractivity contribution >= 4 is 11.7 Å². The molecule has 35 heavy (non-hydrogen) atoms. The van der Waals surface area contributed by atoms with Gasteiger partial charge in [0.2, 0.25) is 5.91 Å². The fraction of sp³-hybridized carbons (Fsp3) is 0.667. The predicted octanol–water partition coefficient (Wildman–Crippen LogP) is 4.94. The number of fused-ring (bicyclic) bond motifs is 3. The number of ketones is 1. The third-order valence-electron chi connectivity index (χ3n) is 7.99. The first-order valence-corrected chi connectivity index (χ1v) is 11.8. The lowest BCUT2D eigenvalue weighted by Gasteiger charge is -2.37. The quantitative estimate of drug-likeness (QED) is 0.586. The fourth-order valence-electron chi connectivity index (χ4n) is 6.10. The molecule has 194 valence electrons. The van der Waals surface area contributed by atoms with E-state index in [1.54, 1.807) is 4.90 Å². The first-order valence-electron chi connectivity index (χ1n) is 11.8. The highest BCUT2D eigenvalue weighted by molar-refractivity contribution is 5.84. The van der Waals surface area contributed by atoms with Gasteiger partial charge in [0.1, 0.15) is 5.78 Å². The topological polar surface area (TPSA) is 63.4 Å². The summed E-state index contributed by atoms with van der Waals surface area (Å²) in [5.74, 6) is -0.591. The van der Waals surface area contributed by atoms with E-state index in [4.69, 9.17) is 5.73 Å². The zero-order valence-corrected chi connectivity index (χ0v) is 18.9. The molecule has 1 aliphatic heterocycles. The van der Waals surface area contributed by atoms with Crippen molar-refractivity contribution in [2.24, 2.45) is 17.6 Å². The van der Waals surface area contributed by atoms with Gasteiger partial charge in [0.15, 0.2) is 0 Å². The largest absolute Gasteiger partial charge is 0.435 e. The van der Waals surface area contributed by atoms with Crippen molar-refractivity contribution in [2.45, 2.75) is 74.9 Å². The van der Waals surface area contributed by atoms with Crippen LogP contribution in [-0.4, -0.2) is 48.1 Å². The maximum atomic E-state index is 14.5. The van der Waals surface area contributed by atoms with E-state index < -0.39 is 23.6 Å². The Balaban J connectivity index is 1.51. The zero-order chi connectivity index (χ0) is 25.8. The molecule has 1 aromatic rings. The van der Waals surface area contributed by atoms with Crippen molar-refractivity contribution in [1.29, 1.82) is 0 Å². The number of carbonyl (C=O) groups is 2. The molecular formula is C24H27F7N2O2. The second kappa shape index (κ2) is 9.05. The third kappa shape index (κ3) is 4.34. The SMILES string of the molecule is NCC(=O)C1CCC(C(=O)N2CC[C@H]3c4ccc(C(F)(C(F)(F)F)C(F)(F)F)cc4CC[C@H]32)CC1. The molecule has 2 atom stereocenters.